The average molecular weight is 316 g/mol. The number of rotatable bonds is 2. The van der Waals surface area contributed by atoms with Gasteiger partial charge in [0.1, 0.15) is 0 Å². The normalized spacial score (nSPS) is 23.1. The van der Waals surface area contributed by atoms with E-state index in [1.807, 2.05) is 0 Å². The largest absolute Gasteiger partial charge is 0.479 e. The Morgan fingerprint density at radius 3 is 2.61 bits per heavy atom. The Kier molecular flexibility index (Phi) is 3.38. The van der Waals surface area contributed by atoms with Gasteiger partial charge in [-0.25, -0.2) is 9.18 Å². The molecule has 18 heavy (non-hydrogen) atoms. The van der Waals surface area contributed by atoms with Crippen molar-refractivity contribution in [2.75, 3.05) is 13.1 Å². The summed E-state index contributed by atoms with van der Waals surface area (Å²) in [5, 5.41) is 8.77. The number of amides is 1. The first-order valence-electron chi connectivity index (χ1n) is 5.40. The topological polar surface area (TPSA) is 57.6 Å². The van der Waals surface area contributed by atoms with E-state index in [2.05, 4.69) is 15.9 Å². The molecule has 1 saturated heterocycles. The Hall–Kier alpha value is -1.43. The zero-order valence-corrected chi connectivity index (χ0v) is 11.0. The van der Waals surface area contributed by atoms with Gasteiger partial charge < -0.3 is 10.0 Å². The number of hydrogen-bond donors (Lipinski definition) is 1. The van der Waals surface area contributed by atoms with Gasteiger partial charge in [0.05, 0.1) is 12.1 Å². The Morgan fingerprint density at radius 1 is 1.39 bits per heavy atom. The first kappa shape index (κ1) is 13.0. The second kappa shape index (κ2) is 4.68. The molecule has 6 heteroatoms. The van der Waals surface area contributed by atoms with E-state index in [-0.39, 0.29) is 18.9 Å². The summed E-state index contributed by atoms with van der Waals surface area (Å²) in [6.45, 7) is -0.286. The Balaban J connectivity index is 2.18. The Morgan fingerprint density at radius 2 is 2.06 bits per heavy atom. The van der Waals surface area contributed by atoms with E-state index in [1.165, 1.54) is 4.90 Å². The SMILES string of the molecule is O=C(c1ccccc1Br)N1CCC(F)(C(=O)O)C1. The molecule has 1 atom stereocenters. The summed E-state index contributed by atoms with van der Waals surface area (Å²) < 4.78 is 14.5. The third-order valence-electron chi connectivity index (χ3n) is 2.99. The summed E-state index contributed by atoms with van der Waals surface area (Å²) >= 11 is 3.24. The molecule has 0 saturated carbocycles. The van der Waals surface area contributed by atoms with Crippen molar-refractivity contribution in [2.24, 2.45) is 0 Å². The molecule has 1 heterocycles. The summed E-state index contributed by atoms with van der Waals surface area (Å²) in [7, 11) is 0. The number of likely N-dealkylation sites (tertiary alicyclic amines) is 1. The highest BCUT2D eigenvalue weighted by atomic mass is 79.9. The van der Waals surface area contributed by atoms with E-state index in [0.717, 1.165) is 0 Å². The molecule has 0 radical (unpaired) electrons. The maximum absolute atomic E-state index is 13.9. The molecule has 1 unspecified atom stereocenters. The van der Waals surface area contributed by atoms with E-state index >= 15 is 0 Å². The molecule has 0 spiro atoms. The smallest absolute Gasteiger partial charge is 0.343 e. The van der Waals surface area contributed by atoms with Crippen molar-refractivity contribution < 1.29 is 19.1 Å². The number of alkyl halides is 1. The zero-order chi connectivity index (χ0) is 13.3. The van der Waals surface area contributed by atoms with Crippen LogP contribution in [0.25, 0.3) is 0 Å². The van der Waals surface area contributed by atoms with E-state index in [9.17, 15) is 14.0 Å². The maximum Gasteiger partial charge on any atom is 0.343 e. The molecule has 96 valence electrons. The van der Waals surface area contributed by atoms with Crippen LogP contribution in [-0.4, -0.2) is 40.6 Å². The first-order valence-corrected chi connectivity index (χ1v) is 6.19. The second-order valence-corrected chi connectivity index (χ2v) is 5.08. The monoisotopic (exact) mass is 315 g/mol. The quantitative estimate of drug-likeness (QED) is 0.909. The fourth-order valence-electron chi connectivity index (χ4n) is 1.93. The molecule has 1 aromatic rings. The van der Waals surface area contributed by atoms with E-state index in [1.54, 1.807) is 24.3 Å². The van der Waals surface area contributed by atoms with Crippen LogP contribution >= 0.6 is 15.9 Å². The van der Waals surface area contributed by atoms with Gasteiger partial charge in [-0.2, -0.15) is 0 Å². The fraction of sp³-hybridized carbons (Fsp3) is 0.333. The van der Waals surface area contributed by atoms with Crippen LogP contribution in [-0.2, 0) is 4.79 Å². The number of carboxylic acids is 1. The van der Waals surface area contributed by atoms with E-state index in [0.29, 0.717) is 10.0 Å². The van der Waals surface area contributed by atoms with Crippen LogP contribution in [0.15, 0.2) is 28.7 Å². The third-order valence-corrected chi connectivity index (χ3v) is 3.69. The van der Waals surface area contributed by atoms with E-state index < -0.39 is 18.2 Å². The van der Waals surface area contributed by atoms with E-state index in [4.69, 9.17) is 5.11 Å². The van der Waals surface area contributed by atoms with Gasteiger partial charge >= 0.3 is 5.97 Å². The lowest BCUT2D eigenvalue weighted by Crippen LogP contribution is -2.39. The van der Waals surface area contributed by atoms with Crippen LogP contribution in [0, 0.1) is 0 Å². The third kappa shape index (κ3) is 2.25. The van der Waals surface area contributed by atoms with Gasteiger partial charge in [0.15, 0.2) is 0 Å². The second-order valence-electron chi connectivity index (χ2n) is 4.23. The van der Waals surface area contributed by atoms with Crippen LogP contribution in [0.4, 0.5) is 4.39 Å². The molecule has 1 fully saturated rings. The lowest BCUT2D eigenvalue weighted by molar-refractivity contribution is -0.149. The molecule has 1 N–H and O–H groups in total. The molecule has 2 rings (SSSR count). The number of carboxylic acid groups (broad SMARTS) is 1. The summed E-state index contributed by atoms with van der Waals surface area (Å²) in [6, 6.07) is 6.80. The lowest BCUT2D eigenvalue weighted by atomic mass is 10.1. The molecular weight excluding hydrogens is 305 g/mol. The Labute approximate surface area is 112 Å². The number of halogens is 2. The Bertz CT molecular complexity index is 508. The van der Waals surface area contributed by atoms with Gasteiger partial charge in [-0.1, -0.05) is 12.1 Å². The number of aliphatic carboxylic acids is 1. The van der Waals surface area contributed by atoms with Crippen LogP contribution in [0.3, 0.4) is 0 Å². The molecule has 0 aliphatic carbocycles. The molecule has 1 aliphatic rings. The van der Waals surface area contributed by atoms with Gasteiger partial charge in [0.25, 0.3) is 5.91 Å². The molecule has 1 amide bonds. The standard InChI is InChI=1S/C12H11BrFNO3/c13-9-4-2-1-3-8(9)10(16)15-6-5-12(14,7-15)11(17)18/h1-4H,5-7H2,(H,17,18). The summed E-state index contributed by atoms with van der Waals surface area (Å²) in [6.07, 6.45) is -0.168. The highest BCUT2D eigenvalue weighted by Crippen LogP contribution is 2.28. The van der Waals surface area contributed by atoms with Crippen LogP contribution in [0.5, 0.6) is 0 Å². The van der Waals surface area contributed by atoms with Gasteiger partial charge in [0.2, 0.25) is 5.67 Å². The minimum absolute atomic E-state index is 0.114. The molecule has 1 aliphatic heterocycles. The van der Waals surface area contributed by atoms with Crippen molar-refractivity contribution in [3.63, 3.8) is 0 Å². The number of nitrogens with zero attached hydrogens (tertiary/aromatic N) is 1. The van der Waals surface area contributed by atoms with Crippen molar-refractivity contribution in [2.45, 2.75) is 12.1 Å². The molecular formula is C12H11BrFNO3. The van der Waals surface area contributed by atoms with Crippen molar-refractivity contribution in [3.05, 3.63) is 34.3 Å². The number of hydrogen-bond acceptors (Lipinski definition) is 2. The number of benzene rings is 1. The van der Waals surface area contributed by atoms with Crippen molar-refractivity contribution in [1.29, 1.82) is 0 Å². The lowest BCUT2D eigenvalue weighted by Gasteiger charge is -2.18. The summed E-state index contributed by atoms with van der Waals surface area (Å²) in [5.41, 5.74) is -1.91. The van der Waals surface area contributed by atoms with Crippen molar-refractivity contribution >= 4 is 27.8 Å². The highest BCUT2D eigenvalue weighted by molar-refractivity contribution is 9.10. The highest BCUT2D eigenvalue weighted by Gasteiger charge is 2.47. The van der Waals surface area contributed by atoms with Crippen LogP contribution < -0.4 is 0 Å². The van der Waals surface area contributed by atoms with Gasteiger partial charge in [-0.3, -0.25) is 4.79 Å². The van der Waals surface area contributed by atoms with Gasteiger partial charge in [0, 0.05) is 17.4 Å². The maximum atomic E-state index is 13.9. The number of carbonyl (C=O) groups is 2. The first-order chi connectivity index (χ1) is 8.44. The fourth-order valence-corrected chi connectivity index (χ4v) is 2.38. The predicted octanol–water partition coefficient (Wildman–Crippen LogP) is 2.09. The predicted molar refractivity (Wildman–Crippen MR) is 66.1 cm³/mol. The van der Waals surface area contributed by atoms with Crippen LogP contribution in [0.1, 0.15) is 16.8 Å². The minimum Gasteiger partial charge on any atom is -0.479 e. The van der Waals surface area contributed by atoms with Gasteiger partial charge in [-0.15, -0.1) is 0 Å². The summed E-state index contributed by atoms with van der Waals surface area (Å²) in [5.74, 6) is -1.87. The molecule has 0 bridgehead atoms. The molecule has 4 nitrogen and oxygen atoms in total. The average Bonchev–Trinajstić information content (AvgIpc) is 2.73. The van der Waals surface area contributed by atoms with Crippen molar-refractivity contribution in [3.8, 4) is 0 Å². The zero-order valence-electron chi connectivity index (χ0n) is 9.40. The molecule has 1 aromatic carbocycles. The summed E-state index contributed by atoms with van der Waals surface area (Å²) in [4.78, 5) is 24.1. The van der Waals surface area contributed by atoms with Crippen molar-refractivity contribution in [1.82, 2.24) is 4.90 Å². The van der Waals surface area contributed by atoms with Gasteiger partial charge in [-0.05, 0) is 28.1 Å². The molecule has 0 aromatic heterocycles. The number of carbonyl (C=O) groups excluding carboxylic acids is 1. The van der Waals surface area contributed by atoms with Crippen LogP contribution in [0.2, 0.25) is 0 Å². The minimum atomic E-state index is -2.32.